The van der Waals surface area contributed by atoms with Gasteiger partial charge in [-0.2, -0.15) is 0 Å². The van der Waals surface area contributed by atoms with Crippen LogP contribution in [0.2, 0.25) is 0 Å². The van der Waals surface area contributed by atoms with E-state index < -0.39 is 41.1 Å². The number of nitro benzene ring substituents is 1. The van der Waals surface area contributed by atoms with Crippen LogP contribution in [-0.4, -0.2) is 44.9 Å². The van der Waals surface area contributed by atoms with Crippen molar-refractivity contribution in [2.45, 2.75) is 89.1 Å². The van der Waals surface area contributed by atoms with E-state index >= 15 is 0 Å². The first-order chi connectivity index (χ1) is 19.3. The van der Waals surface area contributed by atoms with Gasteiger partial charge in [-0.3, -0.25) is 24.6 Å². The molecule has 0 spiro atoms. The number of rotatable bonds is 14. The molecule has 2 aromatic rings. The molecule has 2 aromatic carbocycles. The molecule has 0 aliphatic carbocycles. The number of fused-ring (bicyclic) bond motifs is 1. The van der Waals surface area contributed by atoms with Gasteiger partial charge in [0.25, 0.3) is 11.6 Å². The highest BCUT2D eigenvalue weighted by Gasteiger charge is 2.54. The van der Waals surface area contributed by atoms with Gasteiger partial charge in [0.1, 0.15) is 6.04 Å². The highest BCUT2D eigenvalue weighted by molar-refractivity contribution is 6.24. The molecule has 0 radical (unpaired) electrons. The summed E-state index contributed by atoms with van der Waals surface area (Å²) < 4.78 is 0. The third kappa shape index (κ3) is 6.49. The van der Waals surface area contributed by atoms with Crippen molar-refractivity contribution in [3.05, 3.63) is 82.4 Å². The number of non-ortho nitro benzene ring substituents is 1. The smallest absolute Gasteiger partial charge is 0.269 e. The molecule has 2 aliphatic heterocycles. The predicted octanol–water partition coefficient (Wildman–Crippen LogP) is 5.24. The first kappa shape index (κ1) is 29.6. The van der Waals surface area contributed by atoms with E-state index in [0.29, 0.717) is 17.7 Å². The minimum absolute atomic E-state index is 0.0685. The Morgan fingerprint density at radius 3 is 2.15 bits per heavy atom. The Bertz CT molecular complexity index is 1190. The van der Waals surface area contributed by atoms with E-state index in [1.165, 1.54) is 49.1 Å². The van der Waals surface area contributed by atoms with E-state index in [-0.39, 0.29) is 11.6 Å². The summed E-state index contributed by atoms with van der Waals surface area (Å²) in [6.07, 6.45) is 11.5. The zero-order valence-corrected chi connectivity index (χ0v) is 23.1. The Hall–Kier alpha value is -3.40. The van der Waals surface area contributed by atoms with Crippen LogP contribution in [-0.2, 0) is 9.59 Å². The third-order valence-corrected chi connectivity index (χ3v) is 8.03. The minimum Gasteiger partial charge on any atom is -0.391 e. The lowest BCUT2D eigenvalue weighted by molar-refractivity contribution is -0.384. The maximum atomic E-state index is 13.8. The van der Waals surface area contributed by atoms with Gasteiger partial charge in [-0.05, 0) is 36.2 Å². The first-order valence-electron chi connectivity index (χ1n) is 14.4. The predicted molar refractivity (Wildman–Crippen MR) is 154 cm³/mol. The number of hydrogen-bond donors (Lipinski definition) is 2. The van der Waals surface area contributed by atoms with E-state index in [2.05, 4.69) is 6.92 Å². The Kier molecular flexibility index (Phi) is 10.2. The summed E-state index contributed by atoms with van der Waals surface area (Å²) in [4.78, 5) is 40.9. The van der Waals surface area contributed by atoms with Crippen molar-refractivity contribution in [1.29, 1.82) is 0 Å². The molecule has 4 rings (SSSR count). The lowest BCUT2D eigenvalue weighted by Crippen LogP contribution is -2.58. The molecule has 2 aliphatic rings. The molecule has 9 heteroatoms. The largest absolute Gasteiger partial charge is 0.391 e. The Morgan fingerprint density at radius 2 is 1.52 bits per heavy atom. The maximum Gasteiger partial charge on any atom is 0.269 e. The maximum absolute atomic E-state index is 13.8. The molecule has 3 N–H and O–H groups in total. The number of nitro groups is 1. The van der Waals surface area contributed by atoms with Crippen molar-refractivity contribution >= 4 is 23.2 Å². The fourth-order valence-electron chi connectivity index (χ4n) is 5.84. The average molecular weight is 549 g/mol. The lowest BCUT2D eigenvalue weighted by atomic mass is 9.88. The zero-order chi connectivity index (χ0) is 28.6. The number of unbranched alkanes of at least 4 members (excludes halogenated alkanes) is 7. The molecule has 1 fully saturated rings. The van der Waals surface area contributed by atoms with Gasteiger partial charge in [-0.15, -0.1) is 0 Å². The molecule has 214 valence electrons. The molecular formula is C31H40N4O5. The Morgan fingerprint density at radius 1 is 0.900 bits per heavy atom. The van der Waals surface area contributed by atoms with Crippen LogP contribution >= 0.6 is 0 Å². The summed E-state index contributed by atoms with van der Waals surface area (Å²) in [6.45, 7) is 2.20. The topological polar surface area (TPSA) is 130 Å². The number of aliphatic hydroxyl groups excluding tert-OH is 1. The molecule has 4 unspecified atom stereocenters. The lowest BCUT2D eigenvalue weighted by Gasteiger charge is -2.43. The molecule has 0 aromatic heterocycles. The van der Waals surface area contributed by atoms with E-state index in [9.17, 15) is 24.8 Å². The van der Waals surface area contributed by atoms with Crippen LogP contribution in [0.25, 0.3) is 0 Å². The zero-order valence-electron chi connectivity index (χ0n) is 23.1. The fraction of sp³-hybridized carbons (Fsp3) is 0.484. The summed E-state index contributed by atoms with van der Waals surface area (Å²) in [7, 11) is 0. The van der Waals surface area contributed by atoms with Gasteiger partial charge in [0.15, 0.2) is 0 Å². The van der Waals surface area contributed by atoms with Crippen molar-refractivity contribution in [1.82, 2.24) is 4.90 Å². The minimum atomic E-state index is -0.902. The first-order valence-corrected chi connectivity index (χ1v) is 14.4. The van der Waals surface area contributed by atoms with Crippen LogP contribution in [0.5, 0.6) is 0 Å². The van der Waals surface area contributed by atoms with Crippen LogP contribution in [0, 0.1) is 16.0 Å². The quantitative estimate of drug-likeness (QED) is 0.109. The van der Waals surface area contributed by atoms with Crippen LogP contribution in [0.15, 0.2) is 66.7 Å². The Labute approximate surface area is 235 Å². The average Bonchev–Trinajstić information content (AvgIpc) is 3.23. The molecule has 40 heavy (non-hydrogen) atoms. The van der Waals surface area contributed by atoms with Crippen molar-refractivity contribution in [3.63, 3.8) is 0 Å². The second-order valence-corrected chi connectivity index (χ2v) is 10.8. The molecule has 0 bridgehead atoms. The summed E-state index contributed by atoms with van der Waals surface area (Å²) in [5.74, 6) is -1.48. The molecule has 5 atom stereocenters. The van der Waals surface area contributed by atoms with Gasteiger partial charge in [0.2, 0.25) is 5.91 Å². The fourth-order valence-corrected chi connectivity index (χ4v) is 5.84. The number of hydrogen-bond acceptors (Lipinski definition) is 7. The molecule has 2 heterocycles. The highest BCUT2D eigenvalue weighted by Crippen LogP contribution is 2.39. The molecule has 2 amide bonds. The number of imide groups is 1. The number of para-hydroxylation sites is 1. The summed E-state index contributed by atoms with van der Waals surface area (Å²) in [5.41, 5.74) is 7.71. The number of nitrogens with two attached hydrogens (primary N) is 1. The van der Waals surface area contributed by atoms with E-state index in [1.807, 2.05) is 6.07 Å². The third-order valence-electron chi connectivity index (χ3n) is 8.03. The number of amides is 2. The normalized spacial score (nSPS) is 22.4. The Balaban J connectivity index is 1.55. The van der Waals surface area contributed by atoms with E-state index in [4.69, 9.17) is 5.73 Å². The molecule has 1 saturated heterocycles. The summed E-state index contributed by atoms with van der Waals surface area (Å²) >= 11 is 0. The molecular weight excluding hydrogens is 508 g/mol. The number of carbonyl (C=O) groups excluding carboxylic acids is 2. The van der Waals surface area contributed by atoms with Crippen molar-refractivity contribution in [2.75, 3.05) is 4.90 Å². The number of benzene rings is 2. The van der Waals surface area contributed by atoms with Gasteiger partial charge in [0.05, 0.1) is 34.8 Å². The van der Waals surface area contributed by atoms with Crippen LogP contribution in [0.1, 0.15) is 76.4 Å². The van der Waals surface area contributed by atoms with Gasteiger partial charge in [-0.25, -0.2) is 4.90 Å². The number of aliphatic hydroxyl groups is 1. The summed E-state index contributed by atoms with van der Waals surface area (Å²) in [5, 5.41) is 22.5. The van der Waals surface area contributed by atoms with Gasteiger partial charge >= 0.3 is 0 Å². The number of carbonyl (C=O) groups is 2. The highest BCUT2D eigenvalue weighted by atomic mass is 16.6. The van der Waals surface area contributed by atoms with Crippen molar-refractivity contribution < 1.29 is 19.6 Å². The van der Waals surface area contributed by atoms with E-state index in [1.54, 1.807) is 53.5 Å². The number of anilines is 1. The van der Waals surface area contributed by atoms with Crippen LogP contribution in [0.4, 0.5) is 11.4 Å². The van der Waals surface area contributed by atoms with Gasteiger partial charge in [0, 0.05) is 12.1 Å². The number of nitrogens with zero attached hydrogens (tertiary/aromatic N) is 3. The SMILES string of the molecule is CCCCCCCCCCC(O)C1C=CC2C(=O)N(c3ccccc3)C(=O)[C@H]2N1C(N)c1ccc([N+](=O)[O-])cc1. The molecule has 9 nitrogen and oxygen atoms in total. The van der Waals surface area contributed by atoms with Crippen molar-refractivity contribution in [3.8, 4) is 0 Å². The molecule has 0 saturated carbocycles. The van der Waals surface area contributed by atoms with Crippen LogP contribution < -0.4 is 10.6 Å². The van der Waals surface area contributed by atoms with Gasteiger partial charge in [-0.1, -0.05) is 88.6 Å². The summed E-state index contributed by atoms with van der Waals surface area (Å²) in [6, 6.07) is 13.2. The second-order valence-electron chi connectivity index (χ2n) is 10.8. The van der Waals surface area contributed by atoms with E-state index in [0.717, 1.165) is 19.3 Å². The van der Waals surface area contributed by atoms with Gasteiger partial charge < -0.3 is 10.8 Å². The van der Waals surface area contributed by atoms with Crippen molar-refractivity contribution in [2.24, 2.45) is 11.7 Å². The second kappa shape index (κ2) is 13.8. The van der Waals surface area contributed by atoms with Crippen LogP contribution in [0.3, 0.4) is 0 Å². The standard InChI is InChI=1S/C31H40N4O5/c1-2-3-4-5-6-7-8-12-15-27(36)26-21-20-25-28(31(38)33(30(25)37)23-13-10-9-11-14-23)34(26)29(32)22-16-18-24(19-17-22)35(39)40/h9-11,13-14,16-21,25-29,36H,2-8,12,15,32H2,1H3/t25?,26?,27?,28-,29?/m0/s1. The monoisotopic (exact) mass is 548 g/mol.